The van der Waals surface area contributed by atoms with Gasteiger partial charge in [0, 0.05) is 63.3 Å². The van der Waals surface area contributed by atoms with E-state index in [1.54, 1.807) is 59.9 Å². The number of amides is 3. The number of para-hydroxylation sites is 1. The third-order valence-electron chi connectivity index (χ3n) is 8.73. The molecule has 0 saturated heterocycles. The number of likely N-dealkylation sites (N-methyl/N-ethyl adjacent to an activating group) is 1. The molecule has 5 rings (SSSR count). The molecule has 0 aliphatic carbocycles. The van der Waals surface area contributed by atoms with Crippen molar-refractivity contribution in [3.05, 3.63) is 113 Å². The summed E-state index contributed by atoms with van der Waals surface area (Å²) in [6.07, 6.45) is 10.3. The van der Waals surface area contributed by atoms with Crippen LogP contribution in [0.2, 0.25) is 0 Å². The molecular weight excluding hydrogens is 651 g/mol. The average Bonchev–Trinajstić information content (AvgIpc) is 3.62. The van der Waals surface area contributed by atoms with Crippen molar-refractivity contribution in [3.63, 3.8) is 0 Å². The Morgan fingerprint density at radius 3 is 2.02 bits per heavy atom. The van der Waals surface area contributed by atoms with Crippen LogP contribution < -0.4 is 16.0 Å². The third-order valence-corrected chi connectivity index (χ3v) is 8.73. The highest BCUT2D eigenvalue weighted by atomic mass is 16.2. The average molecular weight is 702 g/mol. The Balaban J connectivity index is 1.12. The fraction of sp³-hybridized carbons (Fsp3) is 0.333. The number of carbonyl (C=O) groups is 3. The van der Waals surface area contributed by atoms with Gasteiger partial charge in [-0.1, -0.05) is 77.1 Å². The molecule has 52 heavy (non-hydrogen) atoms. The largest absolute Gasteiger partial charge is 0.349 e. The Kier molecular flexibility index (Phi) is 11.5. The summed E-state index contributed by atoms with van der Waals surface area (Å²) in [4.78, 5) is 46.0. The third kappa shape index (κ3) is 10.3. The first-order chi connectivity index (χ1) is 24.5. The van der Waals surface area contributed by atoms with Crippen molar-refractivity contribution in [3.8, 4) is 0 Å². The summed E-state index contributed by atoms with van der Waals surface area (Å²) in [7, 11) is 5.59. The van der Waals surface area contributed by atoms with Crippen LogP contribution in [-0.4, -0.2) is 63.4 Å². The van der Waals surface area contributed by atoms with Crippen LogP contribution in [-0.2, 0) is 14.1 Å². The highest BCUT2D eigenvalue weighted by Crippen LogP contribution is 2.33. The van der Waals surface area contributed by atoms with Gasteiger partial charge in [-0.15, -0.1) is 0 Å². The van der Waals surface area contributed by atoms with Gasteiger partial charge in [0.05, 0.1) is 16.9 Å². The fourth-order valence-corrected chi connectivity index (χ4v) is 6.99. The van der Waals surface area contributed by atoms with Crippen LogP contribution in [0.5, 0.6) is 0 Å². The number of aryl methyl sites for hydroxylation is 2. The summed E-state index contributed by atoms with van der Waals surface area (Å²) in [5.74, 6) is -0.858. The van der Waals surface area contributed by atoms with Crippen LogP contribution in [0.25, 0.3) is 23.1 Å². The minimum absolute atomic E-state index is 0.162. The Morgan fingerprint density at radius 2 is 1.37 bits per heavy atom. The molecule has 5 aromatic rings. The molecule has 0 atom stereocenters. The van der Waals surface area contributed by atoms with E-state index in [0.717, 1.165) is 41.5 Å². The number of carbonyl (C=O) groups excluding carboxylic acids is 3. The van der Waals surface area contributed by atoms with Crippen LogP contribution in [0.3, 0.4) is 0 Å². The van der Waals surface area contributed by atoms with Gasteiger partial charge in [0.1, 0.15) is 11.4 Å². The minimum Gasteiger partial charge on any atom is -0.349 e. The zero-order valence-electron chi connectivity index (χ0n) is 31.6. The van der Waals surface area contributed by atoms with Crippen molar-refractivity contribution in [2.45, 2.75) is 41.0 Å². The monoisotopic (exact) mass is 701 g/mol. The number of anilines is 2. The Hall–Kier alpha value is -5.48. The predicted octanol–water partition coefficient (Wildman–Crippen LogP) is 7.71. The first-order valence-electron chi connectivity index (χ1n) is 17.6. The molecule has 0 aliphatic heterocycles. The van der Waals surface area contributed by atoms with Crippen molar-refractivity contribution in [1.29, 1.82) is 0 Å². The summed E-state index contributed by atoms with van der Waals surface area (Å²) >= 11 is 0. The number of rotatable bonds is 13. The summed E-state index contributed by atoms with van der Waals surface area (Å²) in [5.41, 5.74) is 5.58. The van der Waals surface area contributed by atoms with Gasteiger partial charge < -0.3 is 30.0 Å². The van der Waals surface area contributed by atoms with Crippen LogP contribution in [0.15, 0.2) is 85.3 Å². The first kappa shape index (κ1) is 37.8. The molecule has 0 radical (unpaired) electrons. The molecule has 3 N–H and O–H groups in total. The summed E-state index contributed by atoms with van der Waals surface area (Å²) in [6.45, 7) is 13.5. The molecule has 0 unspecified atom stereocenters. The van der Waals surface area contributed by atoms with Gasteiger partial charge in [-0.25, -0.2) is 0 Å². The van der Waals surface area contributed by atoms with E-state index in [-0.39, 0.29) is 28.6 Å². The molecule has 0 saturated carbocycles. The molecule has 272 valence electrons. The molecule has 3 aromatic heterocycles. The normalized spacial score (nSPS) is 12.1. The van der Waals surface area contributed by atoms with Crippen LogP contribution in [0, 0.1) is 10.8 Å². The molecule has 3 heterocycles. The van der Waals surface area contributed by atoms with E-state index in [9.17, 15) is 14.4 Å². The lowest BCUT2D eigenvalue weighted by molar-refractivity contribution is 0.0935. The van der Waals surface area contributed by atoms with E-state index in [1.165, 1.54) is 0 Å². The first-order valence-corrected chi connectivity index (χ1v) is 17.6. The van der Waals surface area contributed by atoms with Crippen molar-refractivity contribution >= 4 is 52.2 Å². The van der Waals surface area contributed by atoms with Gasteiger partial charge in [-0.3, -0.25) is 19.4 Å². The molecule has 2 aromatic carbocycles. The van der Waals surface area contributed by atoms with Crippen LogP contribution >= 0.6 is 0 Å². The molecule has 0 fully saturated rings. The van der Waals surface area contributed by atoms with Gasteiger partial charge >= 0.3 is 0 Å². The second kappa shape index (κ2) is 15.8. The zero-order chi connectivity index (χ0) is 37.6. The van der Waals surface area contributed by atoms with E-state index in [0.29, 0.717) is 34.9 Å². The maximum atomic E-state index is 13.2. The Labute approximate surface area is 306 Å². The van der Waals surface area contributed by atoms with Gasteiger partial charge in [0.25, 0.3) is 17.7 Å². The summed E-state index contributed by atoms with van der Waals surface area (Å²) in [5, 5.41) is 9.84. The molecule has 0 aliphatic rings. The van der Waals surface area contributed by atoms with Crippen LogP contribution in [0.4, 0.5) is 11.4 Å². The van der Waals surface area contributed by atoms with Crippen molar-refractivity contribution in [2.24, 2.45) is 24.9 Å². The van der Waals surface area contributed by atoms with Crippen molar-refractivity contribution in [1.82, 2.24) is 24.3 Å². The molecule has 0 bridgehead atoms. The van der Waals surface area contributed by atoms with E-state index in [1.807, 2.05) is 54.7 Å². The maximum absolute atomic E-state index is 13.2. The number of nitrogens with one attached hydrogen (secondary N) is 3. The molecule has 3 amide bonds. The van der Waals surface area contributed by atoms with Gasteiger partial charge in [0.15, 0.2) is 0 Å². The van der Waals surface area contributed by atoms with E-state index in [2.05, 4.69) is 73.6 Å². The number of aromatic nitrogens is 3. The van der Waals surface area contributed by atoms with Gasteiger partial charge in [0.2, 0.25) is 0 Å². The SMILES string of the molecule is CN(CCNC(=O)c1cc(NC(=O)c2cc(NC(=O)c3ccc(/C=C/c4cnc5ccccc5c4)cc3)cn2C)cn1C)CC(C)(C)CC(C)(C)C. The van der Waals surface area contributed by atoms with Gasteiger partial charge in [-0.2, -0.15) is 0 Å². The van der Waals surface area contributed by atoms with E-state index in [4.69, 9.17) is 0 Å². The Morgan fingerprint density at radius 1 is 0.769 bits per heavy atom. The topological polar surface area (TPSA) is 113 Å². The van der Waals surface area contributed by atoms with E-state index >= 15 is 0 Å². The van der Waals surface area contributed by atoms with E-state index < -0.39 is 0 Å². The summed E-state index contributed by atoms with van der Waals surface area (Å²) < 4.78 is 3.34. The minimum atomic E-state index is -0.363. The zero-order valence-corrected chi connectivity index (χ0v) is 31.6. The standard InChI is InChI=1S/C42H51N7O3/c1-41(2,3)27-42(4,5)28-47(6)20-19-43-39(51)36-22-34(26-48(36)7)46-40(52)37-23-33(25-49(37)8)45-38(50)31-17-15-29(16-18-31)13-14-30-21-32-11-9-10-12-35(32)44-24-30/h9-18,21-26H,19-20,27-28H2,1-8H3,(H,43,51)(H,45,50)(H,46,52)/b14-13+. The quantitative estimate of drug-likeness (QED) is 0.116. The molecule has 10 nitrogen and oxygen atoms in total. The number of benzene rings is 2. The molecular formula is C42H51N7O3. The smallest absolute Gasteiger partial charge is 0.272 e. The number of hydrogen-bond acceptors (Lipinski definition) is 5. The van der Waals surface area contributed by atoms with Crippen molar-refractivity contribution < 1.29 is 14.4 Å². The van der Waals surface area contributed by atoms with Crippen molar-refractivity contribution in [2.75, 3.05) is 37.3 Å². The van der Waals surface area contributed by atoms with Gasteiger partial charge in [-0.05, 0) is 71.8 Å². The van der Waals surface area contributed by atoms with Crippen LogP contribution in [0.1, 0.15) is 83.5 Å². The maximum Gasteiger partial charge on any atom is 0.272 e. The lowest BCUT2D eigenvalue weighted by Crippen LogP contribution is -2.39. The number of fused-ring (bicyclic) bond motifs is 1. The highest BCUT2D eigenvalue weighted by Gasteiger charge is 2.26. The summed E-state index contributed by atoms with van der Waals surface area (Å²) in [6, 6.07) is 20.6. The lowest BCUT2D eigenvalue weighted by atomic mass is 9.76. The second-order valence-electron chi connectivity index (χ2n) is 15.7. The molecule has 10 heteroatoms. The number of pyridine rings is 1. The number of hydrogen-bond donors (Lipinski definition) is 3. The fourth-order valence-electron chi connectivity index (χ4n) is 6.99. The molecule has 0 spiro atoms. The Bertz CT molecular complexity index is 2080. The highest BCUT2D eigenvalue weighted by molar-refractivity contribution is 6.07. The predicted molar refractivity (Wildman–Crippen MR) is 212 cm³/mol. The lowest BCUT2D eigenvalue weighted by Gasteiger charge is -2.35. The second-order valence-corrected chi connectivity index (χ2v) is 15.7. The number of nitrogens with zero attached hydrogens (tertiary/aromatic N) is 4.